The van der Waals surface area contributed by atoms with Crippen molar-refractivity contribution >= 4 is 17.3 Å². The lowest BCUT2D eigenvalue weighted by atomic mass is 10.2. The number of hydrogen-bond donors (Lipinski definition) is 2. The number of amides is 1. The van der Waals surface area contributed by atoms with Crippen LogP contribution in [0.25, 0.3) is 0 Å². The summed E-state index contributed by atoms with van der Waals surface area (Å²) in [6.45, 7) is 4.27. The molecule has 0 fully saturated rings. The Labute approximate surface area is 113 Å². The molecule has 3 heteroatoms. The number of nitrogens with one attached hydrogen (secondary N) is 2. The maximum atomic E-state index is 11.8. The number of para-hydroxylation sites is 1. The Morgan fingerprint density at radius 2 is 1.68 bits per heavy atom. The van der Waals surface area contributed by atoms with Crippen molar-refractivity contribution in [1.29, 1.82) is 0 Å². The van der Waals surface area contributed by atoms with Gasteiger partial charge in [0.2, 0.25) is 5.91 Å². The van der Waals surface area contributed by atoms with Gasteiger partial charge in [-0.1, -0.05) is 35.9 Å². The Balaban J connectivity index is 1.88. The van der Waals surface area contributed by atoms with E-state index < -0.39 is 0 Å². The lowest BCUT2D eigenvalue weighted by Gasteiger charge is -2.09. The first-order chi connectivity index (χ1) is 9.15. The van der Waals surface area contributed by atoms with Crippen LogP contribution in [0.2, 0.25) is 0 Å². The normalized spacial score (nSPS) is 10.0. The zero-order valence-electron chi connectivity index (χ0n) is 11.2. The highest BCUT2D eigenvalue weighted by Gasteiger charge is 2.03. The van der Waals surface area contributed by atoms with Crippen molar-refractivity contribution in [1.82, 2.24) is 0 Å². The number of hydrogen-bond acceptors (Lipinski definition) is 2. The minimum Gasteiger partial charge on any atom is -0.376 e. The van der Waals surface area contributed by atoms with E-state index in [9.17, 15) is 4.79 Å². The van der Waals surface area contributed by atoms with Gasteiger partial charge in [0.25, 0.3) is 0 Å². The van der Waals surface area contributed by atoms with Crippen molar-refractivity contribution in [2.24, 2.45) is 0 Å². The van der Waals surface area contributed by atoms with E-state index in [4.69, 9.17) is 0 Å². The summed E-state index contributed by atoms with van der Waals surface area (Å²) in [6.07, 6.45) is 0. The van der Waals surface area contributed by atoms with Crippen molar-refractivity contribution in [2.45, 2.75) is 13.8 Å². The summed E-state index contributed by atoms with van der Waals surface area (Å²) < 4.78 is 0. The SMILES string of the molecule is Cc1ccc(NCC(=O)Nc2ccccc2C)cc1. The lowest BCUT2D eigenvalue weighted by Crippen LogP contribution is -2.22. The lowest BCUT2D eigenvalue weighted by molar-refractivity contribution is -0.114. The molecule has 0 saturated heterocycles. The van der Waals surface area contributed by atoms with Gasteiger partial charge in [-0.05, 0) is 37.6 Å². The molecule has 2 aromatic rings. The first kappa shape index (κ1) is 13.1. The topological polar surface area (TPSA) is 41.1 Å². The van der Waals surface area contributed by atoms with Crippen molar-refractivity contribution in [2.75, 3.05) is 17.2 Å². The number of anilines is 2. The molecule has 0 aromatic heterocycles. The molecule has 2 aromatic carbocycles. The fraction of sp³-hybridized carbons (Fsp3) is 0.188. The highest BCUT2D eigenvalue weighted by molar-refractivity contribution is 5.94. The van der Waals surface area contributed by atoms with E-state index in [1.807, 2.05) is 62.4 Å². The molecule has 0 unspecified atom stereocenters. The number of carbonyl (C=O) groups excluding carboxylic acids is 1. The second-order valence-electron chi connectivity index (χ2n) is 4.58. The third-order valence-electron chi connectivity index (χ3n) is 2.92. The van der Waals surface area contributed by atoms with Crippen molar-refractivity contribution < 1.29 is 4.79 Å². The van der Waals surface area contributed by atoms with E-state index in [-0.39, 0.29) is 12.5 Å². The molecule has 98 valence electrons. The third kappa shape index (κ3) is 3.85. The van der Waals surface area contributed by atoms with E-state index >= 15 is 0 Å². The minimum atomic E-state index is -0.0464. The van der Waals surface area contributed by atoms with E-state index in [1.54, 1.807) is 0 Å². The van der Waals surface area contributed by atoms with Gasteiger partial charge in [0.1, 0.15) is 0 Å². The Morgan fingerprint density at radius 3 is 2.37 bits per heavy atom. The van der Waals surface area contributed by atoms with Gasteiger partial charge in [0.05, 0.1) is 6.54 Å². The molecule has 1 amide bonds. The first-order valence-electron chi connectivity index (χ1n) is 6.31. The van der Waals surface area contributed by atoms with Gasteiger partial charge in [-0.2, -0.15) is 0 Å². The quantitative estimate of drug-likeness (QED) is 0.878. The Hall–Kier alpha value is -2.29. The van der Waals surface area contributed by atoms with E-state index in [0.717, 1.165) is 16.9 Å². The molecule has 0 saturated carbocycles. The summed E-state index contributed by atoms with van der Waals surface area (Å²) in [5.74, 6) is -0.0464. The highest BCUT2D eigenvalue weighted by atomic mass is 16.1. The minimum absolute atomic E-state index is 0.0464. The van der Waals surface area contributed by atoms with E-state index in [0.29, 0.717) is 0 Å². The largest absolute Gasteiger partial charge is 0.376 e. The molecular weight excluding hydrogens is 236 g/mol. The second-order valence-corrected chi connectivity index (χ2v) is 4.58. The molecule has 0 atom stereocenters. The summed E-state index contributed by atoms with van der Waals surface area (Å²) in [6, 6.07) is 15.7. The second kappa shape index (κ2) is 6.05. The number of rotatable bonds is 4. The monoisotopic (exact) mass is 254 g/mol. The van der Waals surface area contributed by atoms with Crippen LogP contribution in [0.15, 0.2) is 48.5 Å². The van der Waals surface area contributed by atoms with Gasteiger partial charge < -0.3 is 10.6 Å². The van der Waals surface area contributed by atoms with E-state index in [1.165, 1.54) is 5.56 Å². The number of benzene rings is 2. The van der Waals surface area contributed by atoms with Crippen LogP contribution >= 0.6 is 0 Å². The fourth-order valence-electron chi connectivity index (χ4n) is 1.76. The van der Waals surface area contributed by atoms with Crippen LogP contribution in [-0.2, 0) is 4.79 Å². The summed E-state index contributed by atoms with van der Waals surface area (Å²) in [5.41, 5.74) is 4.07. The first-order valence-corrected chi connectivity index (χ1v) is 6.31. The van der Waals surface area contributed by atoms with Crippen LogP contribution < -0.4 is 10.6 Å². The van der Waals surface area contributed by atoms with Crippen molar-refractivity contribution in [3.63, 3.8) is 0 Å². The molecule has 0 bridgehead atoms. The van der Waals surface area contributed by atoms with Gasteiger partial charge in [-0.25, -0.2) is 0 Å². The zero-order valence-corrected chi connectivity index (χ0v) is 11.2. The van der Waals surface area contributed by atoms with Crippen LogP contribution in [0, 0.1) is 13.8 Å². The number of carbonyl (C=O) groups is 1. The summed E-state index contributed by atoms with van der Waals surface area (Å²) in [7, 11) is 0. The van der Waals surface area contributed by atoms with Gasteiger partial charge in [0.15, 0.2) is 0 Å². The summed E-state index contributed by atoms with van der Waals surface area (Å²) in [5, 5.41) is 5.99. The Kier molecular flexibility index (Phi) is 4.18. The highest BCUT2D eigenvalue weighted by Crippen LogP contribution is 2.13. The Morgan fingerprint density at radius 1 is 1.00 bits per heavy atom. The standard InChI is InChI=1S/C16H18N2O/c1-12-7-9-14(10-8-12)17-11-16(19)18-15-6-4-3-5-13(15)2/h3-10,17H,11H2,1-2H3,(H,18,19). The van der Waals surface area contributed by atoms with Crippen LogP contribution in [0.5, 0.6) is 0 Å². The summed E-state index contributed by atoms with van der Waals surface area (Å²) >= 11 is 0. The molecule has 3 nitrogen and oxygen atoms in total. The molecule has 2 N–H and O–H groups in total. The number of aryl methyl sites for hydroxylation is 2. The molecular formula is C16H18N2O. The molecule has 0 heterocycles. The van der Waals surface area contributed by atoms with Gasteiger partial charge in [0, 0.05) is 11.4 Å². The van der Waals surface area contributed by atoms with Crippen LogP contribution in [0.4, 0.5) is 11.4 Å². The molecule has 0 radical (unpaired) electrons. The van der Waals surface area contributed by atoms with Gasteiger partial charge in [-0.15, -0.1) is 0 Å². The average Bonchev–Trinajstić information content (AvgIpc) is 2.41. The predicted octanol–water partition coefficient (Wildman–Crippen LogP) is 3.35. The molecule has 0 aliphatic rings. The maximum Gasteiger partial charge on any atom is 0.243 e. The van der Waals surface area contributed by atoms with Crippen molar-refractivity contribution in [3.8, 4) is 0 Å². The molecule has 0 spiro atoms. The molecule has 19 heavy (non-hydrogen) atoms. The van der Waals surface area contributed by atoms with Gasteiger partial charge in [-0.3, -0.25) is 4.79 Å². The summed E-state index contributed by atoms with van der Waals surface area (Å²) in [4.78, 5) is 11.8. The van der Waals surface area contributed by atoms with Gasteiger partial charge >= 0.3 is 0 Å². The third-order valence-corrected chi connectivity index (χ3v) is 2.92. The molecule has 2 rings (SSSR count). The average molecular weight is 254 g/mol. The predicted molar refractivity (Wildman–Crippen MR) is 79.5 cm³/mol. The van der Waals surface area contributed by atoms with Crippen LogP contribution in [0.3, 0.4) is 0 Å². The fourth-order valence-corrected chi connectivity index (χ4v) is 1.76. The molecule has 0 aliphatic carbocycles. The molecule has 0 aliphatic heterocycles. The van der Waals surface area contributed by atoms with E-state index in [2.05, 4.69) is 10.6 Å². The van der Waals surface area contributed by atoms with Crippen LogP contribution in [0.1, 0.15) is 11.1 Å². The van der Waals surface area contributed by atoms with Crippen LogP contribution in [-0.4, -0.2) is 12.5 Å². The van der Waals surface area contributed by atoms with Crippen molar-refractivity contribution in [3.05, 3.63) is 59.7 Å². The smallest absolute Gasteiger partial charge is 0.243 e. The Bertz CT molecular complexity index is 561. The maximum absolute atomic E-state index is 11.8. The zero-order chi connectivity index (χ0) is 13.7.